The number of para-hydroxylation sites is 1. The number of hydrogen-bond donors (Lipinski definition) is 2. The van der Waals surface area contributed by atoms with Gasteiger partial charge < -0.3 is 20.3 Å². The van der Waals surface area contributed by atoms with Gasteiger partial charge in [-0.3, -0.25) is 14.5 Å². The Morgan fingerprint density at radius 3 is 2.58 bits per heavy atom. The van der Waals surface area contributed by atoms with Crippen LogP contribution in [0.25, 0.3) is 10.2 Å². The van der Waals surface area contributed by atoms with Crippen molar-refractivity contribution in [3.05, 3.63) is 66.4 Å². The molecule has 0 spiro atoms. The predicted octanol–water partition coefficient (Wildman–Crippen LogP) is 6.67. The molecule has 2 aromatic carbocycles. The van der Waals surface area contributed by atoms with E-state index in [1.165, 1.54) is 11.3 Å². The number of urea groups is 1. The smallest absolute Gasteiger partial charge is 0.331 e. The van der Waals surface area contributed by atoms with Crippen LogP contribution in [0.15, 0.2) is 60.8 Å². The van der Waals surface area contributed by atoms with Crippen LogP contribution in [-0.2, 0) is 9.59 Å². The Morgan fingerprint density at radius 1 is 1.07 bits per heavy atom. The van der Waals surface area contributed by atoms with Crippen LogP contribution in [0.5, 0.6) is 11.5 Å². The highest BCUT2D eigenvalue weighted by Gasteiger charge is 2.33. The number of nitrogens with one attached hydrogen (secondary N) is 2. The van der Waals surface area contributed by atoms with Gasteiger partial charge in [0.25, 0.3) is 0 Å². The lowest BCUT2D eigenvalue weighted by Gasteiger charge is -2.31. The summed E-state index contributed by atoms with van der Waals surface area (Å²) in [4.78, 5) is 47.4. The number of hydrogen-bond acceptors (Lipinski definition) is 6. The number of likely N-dealkylation sites (tertiary alicyclic amines) is 1. The number of piperidine rings is 1. The SMILES string of the molecule is CCC(=O)N1CCC(C(=O)Nc2sc3nccc4c3c2NC(=O)N4c2ccc(Oc3ccccc3)cc2C)CC1. The number of thiophene rings is 1. The summed E-state index contributed by atoms with van der Waals surface area (Å²) in [6.07, 6.45) is 3.38. The number of nitrogens with zero attached hydrogens (tertiary/aromatic N) is 3. The van der Waals surface area contributed by atoms with E-state index in [0.717, 1.165) is 27.2 Å². The fourth-order valence-corrected chi connectivity index (χ4v) is 6.33. The van der Waals surface area contributed by atoms with E-state index in [1.807, 2.05) is 73.3 Å². The maximum Gasteiger partial charge on any atom is 0.331 e. The molecule has 1 fully saturated rings. The Bertz CT molecular complexity index is 1610. The van der Waals surface area contributed by atoms with Gasteiger partial charge in [-0.05, 0) is 61.7 Å². The van der Waals surface area contributed by atoms with Crippen molar-refractivity contribution in [3.63, 3.8) is 0 Å². The third-order valence-corrected chi connectivity index (χ3v) is 8.40. The van der Waals surface area contributed by atoms with Gasteiger partial charge in [0, 0.05) is 31.6 Å². The minimum absolute atomic E-state index is 0.102. The average Bonchev–Trinajstić information content (AvgIpc) is 3.31. The van der Waals surface area contributed by atoms with E-state index in [-0.39, 0.29) is 23.8 Å². The summed E-state index contributed by atoms with van der Waals surface area (Å²) in [6, 6.07) is 16.7. The molecule has 1 saturated heterocycles. The largest absolute Gasteiger partial charge is 0.457 e. The lowest BCUT2D eigenvalue weighted by atomic mass is 9.95. The zero-order valence-electron chi connectivity index (χ0n) is 22.3. The molecule has 9 nitrogen and oxygen atoms in total. The number of amides is 4. The average molecular weight is 556 g/mol. The second kappa shape index (κ2) is 10.6. The first-order valence-electron chi connectivity index (χ1n) is 13.4. The molecule has 4 aromatic rings. The van der Waals surface area contributed by atoms with Gasteiger partial charge in [-0.1, -0.05) is 36.5 Å². The molecule has 6 rings (SSSR count). The minimum atomic E-state index is -0.319. The molecular formula is C30H29N5O4S. The summed E-state index contributed by atoms with van der Waals surface area (Å²) in [5.41, 5.74) is 2.86. The van der Waals surface area contributed by atoms with Crippen LogP contribution in [-0.4, -0.2) is 40.8 Å². The van der Waals surface area contributed by atoms with E-state index in [0.29, 0.717) is 54.5 Å². The summed E-state index contributed by atoms with van der Waals surface area (Å²) >= 11 is 1.34. The minimum Gasteiger partial charge on any atom is -0.457 e. The third-order valence-electron chi connectivity index (χ3n) is 7.39. The van der Waals surface area contributed by atoms with Gasteiger partial charge in [0.2, 0.25) is 11.8 Å². The van der Waals surface area contributed by atoms with Gasteiger partial charge >= 0.3 is 6.03 Å². The second-order valence-corrected chi connectivity index (χ2v) is 10.9. The number of pyridine rings is 1. The second-order valence-electron chi connectivity index (χ2n) is 9.94. The molecule has 4 amide bonds. The number of rotatable bonds is 6. The maximum absolute atomic E-state index is 13.5. The molecule has 4 heterocycles. The van der Waals surface area contributed by atoms with Crippen LogP contribution in [0.2, 0.25) is 0 Å². The Labute approximate surface area is 235 Å². The van der Waals surface area contributed by atoms with E-state index in [2.05, 4.69) is 15.6 Å². The highest BCUT2D eigenvalue weighted by Crippen LogP contribution is 2.49. The van der Waals surface area contributed by atoms with Crippen molar-refractivity contribution in [2.45, 2.75) is 33.1 Å². The first-order chi connectivity index (χ1) is 19.4. The van der Waals surface area contributed by atoms with Crippen molar-refractivity contribution in [2.75, 3.05) is 28.6 Å². The van der Waals surface area contributed by atoms with Crippen LogP contribution in [0.3, 0.4) is 0 Å². The number of aromatic nitrogens is 1. The van der Waals surface area contributed by atoms with Crippen molar-refractivity contribution < 1.29 is 19.1 Å². The maximum atomic E-state index is 13.5. The number of carbonyl (C=O) groups excluding carboxylic acids is 3. The van der Waals surface area contributed by atoms with Crippen LogP contribution >= 0.6 is 11.3 Å². The van der Waals surface area contributed by atoms with Crippen LogP contribution in [0.4, 0.5) is 26.9 Å². The molecule has 0 aliphatic carbocycles. The fourth-order valence-electron chi connectivity index (χ4n) is 5.31. The number of carbonyl (C=O) groups is 3. The zero-order chi connectivity index (χ0) is 27.8. The Balaban J connectivity index is 1.26. The lowest BCUT2D eigenvalue weighted by molar-refractivity contribution is -0.134. The van der Waals surface area contributed by atoms with E-state index in [9.17, 15) is 14.4 Å². The predicted molar refractivity (Wildman–Crippen MR) is 157 cm³/mol. The fraction of sp³-hybridized carbons (Fsp3) is 0.267. The molecule has 2 N–H and O–H groups in total. The standard InChI is InChI=1S/C30H29N5O4S/c1-3-24(36)34-15-12-19(13-16-34)27(37)33-29-26-25-23(11-14-31-28(25)40-29)35(30(38)32-26)22-10-9-21(17-18(22)2)39-20-7-5-4-6-8-20/h4-11,14,17,19H,3,12-13,15-16H2,1-2H3,(H,32,38)(H,33,37). The number of ether oxygens (including phenoxy) is 1. The van der Waals surface area contributed by atoms with Crippen molar-refractivity contribution in [2.24, 2.45) is 5.92 Å². The topological polar surface area (TPSA) is 104 Å². The monoisotopic (exact) mass is 555 g/mol. The van der Waals surface area contributed by atoms with Crippen LogP contribution in [0.1, 0.15) is 31.7 Å². The van der Waals surface area contributed by atoms with Crippen molar-refractivity contribution in [3.8, 4) is 11.5 Å². The third kappa shape index (κ3) is 4.75. The number of benzene rings is 2. The quantitative estimate of drug-likeness (QED) is 0.277. The normalized spacial score (nSPS) is 15.2. The molecule has 204 valence electrons. The summed E-state index contributed by atoms with van der Waals surface area (Å²) in [5.74, 6) is 1.23. The Hall–Kier alpha value is -4.44. The molecule has 0 saturated carbocycles. The highest BCUT2D eigenvalue weighted by molar-refractivity contribution is 7.23. The first kappa shape index (κ1) is 25.8. The zero-order valence-corrected chi connectivity index (χ0v) is 23.1. The van der Waals surface area contributed by atoms with E-state index >= 15 is 0 Å². The number of anilines is 4. The number of aryl methyl sites for hydroxylation is 1. The highest BCUT2D eigenvalue weighted by atomic mass is 32.1. The van der Waals surface area contributed by atoms with Gasteiger partial charge in [0.15, 0.2) is 0 Å². The molecule has 40 heavy (non-hydrogen) atoms. The molecule has 2 aliphatic heterocycles. The van der Waals surface area contributed by atoms with Gasteiger partial charge in [-0.25, -0.2) is 9.78 Å². The molecular weight excluding hydrogens is 526 g/mol. The Morgan fingerprint density at radius 2 is 1.85 bits per heavy atom. The van der Waals surface area contributed by atoms with E-state index in [1.54, 1.807) is 11.1 Å². The van der Waals surface area contributed by atoms with Gasteiger partial charge in [0.1, 0.15) is 21.3 Å². The molecule has 2 aromatic heterocycles. The van der Waals surface area contributed by atoms with Crippen LogP contribution in [0, 0.1) is 12.8 Å². The van der Waals surface area contributed by atoms with Crippen LogP contribution < -0.4 is 20.3 Å². The molecule has 0 unspecified atom stereocenters. The molecule has 0 radical (unpaired) electrons. The Kier molecular flexibility index (Phi) is 6.85. The van der Waals surface area contributed by atoms with E-state index < -0.39 is 0 Å². The van der Waals surface area contributed by atoms with Gasteiger partial charge in [-0.15, -0.1) is 0 Å². The summed E-state index contributed by atoms with van der Waals surface area (Å²) < 4.78 is 5.97. The van der Waals surface area contributed by atoms with Crippen molar-refractivity contribution in [1.29, 1.82) is 0 Å². The van der Waals surface area contributed by atoms with Crippen molar-refractivity contribution in [1.82, 2.24) is 9.88 Å². The van der Waals surface area contributed by atoms with Gasteiger partial charge in [-0.2, -0.15) is 0 Å². The van der Waals surface area contributed by atoms with E-state index in [4.69, 9.17) is 4.74 Å². The summed E-state index contributed by atoms with van der Waals surface area (Å²) in [5, 5.41) is 7.40. The molecule has 0 atom stereocenters. The van der Waals surface area contributed by atoms with Gasteiger partial charge in [0.05, 0.1) is 22.4 Å². The summed E-state index contributed by atoms with van der Waals surface area (Å²) in [6.45, 7) is 4.95. The summed E-state index contributed by atoms with van der Waals surface area (Å²) in [7, 11) is 0. The molecule has 2 aliphatic rings. The first-order valence-corrected chi connectivity index (χ1v) is 14.2. The lowest BCUT2D eigenvalue weighted by Crippen LogP contribution is -2.41. The van der Waals surface area contributed by atoms with Crippen molar-refractivity contribution >= 4 is 61.5 Å². The molecule has 0 bridgehead atoms. The molecule has 10 heteroatoms.